The van der Waals surface area contributed by atoms with Crippen LogP contribution in [0.4, 0.5) is 5.82 Å². The van der Waals surface area contributed by atoms with E-state index in [0.717, 1.165) is 31.7 Å². The molecule has 0 unspecified atom stereocenters. The number of piperidine rings is 1. The molecule has 0 N–H and O–H groups in total. The highest BCUT2D eigenvalue weighted by atomic mass is 35.5. The highest BCUT2D eigenvalue weighted by molar-refractivity contribution is 6.36. The van der Waals surface area contributed by atoms with E-state index in [-0.39, 0.29) is 5.38 Å². The maximum atomic E-state index is 6.08. The number of aromatic nitrogens is 1. The highest BCUT2D eigenvalue weighted by Gasteiger charge is 2.19. The first-order valence-electron chi connectivity index (χ1n) is 4.87. The second-order valence-electron chi connectivity index (χ2n) is 3.62. The normalized spacial score (nSPS) is 18.2. The zero-order valence-electron chi connectivity index (χ0n) is 8.09. The largest absolute Gasteiger partial charge is 0.355 e. The average Bonchev–Trinajstić information content (AvgIpc) is 2.20. The molecular formula is C10H11Cl3N2. The molecule has 1 saturated heterocycles. The van der Waals surface area contributed by atoms with Crippen molar-refractivity contribution in [2.24, 2.45) is 0 Å². The summed E-state index contributed by atoms with van der Waals surface area (Å²) < 4.78 is 0. The fraction of sp³-hybridized carbons (Fsp3) is 0.500. The van der Waals surface area contributed by atoms with Crippen LogP contribution in [0.5, 0.6) is 0 Å². The molecule has 0 spiro atoms. The summed E-state index contributed by atoms with van der Waals surface area (Å²) in [4.78, 5) is 6.40. The molecule has 0 aliphatic carbocycles. The molecule has 82 valence electrons. The average molecular weight is 266 g/mol. The molecule has 2 rings (SSSR count). The molecule has 5 heteroatoms. The molecule has 1 aromatic rings. The molecule has 1 fully saturated rings. The second kappa shape index (κ2) is 4.77. The van der Waals surface area contributed by atoms with Crippen LogP contribution in [0.15, 0.2) is 12.3 Å². The van der Waals surface area contributed by atoms with Crippen molar-refractivity contribution >= 4 is 40.6 Å². The summed E-state index contributed by atoms with van der Waals surface area (Å²) in [6.07, 6.45) is 3.57. The third-order valence-electron chi connectivity index (χ3n) is 2.51. The van der Waals surface area contributed by atoms with Gasteiger partial charge >= 0.3 is 0 Å². The van der Waals surface area contributed by atoms with Gasteiger partial charge in [0.05, 0.1) is 10.0 Å². The fourth-order valence-electron chi connectivity index (χ4n) is 1.70. The monoisotopic (exact) mass is 264 g/mol. The molecule has 2 nitrogen and oxygen atoms in total. The summed E-state index contributed by atoms with van der Waals surface area (Å²) >= 11 is 17.9. The van der Waals surface area contributed by atoms with Crippen LogP contribution in [0, 0.1) is 0 Å². The Bertz CT molecular complexity index is 349. The van der Waals surface area contributed by atoms with Crippen molar-refractivity contribution in [3.05, 3.63) is 22.3 Å². The summed E-state index contributed by atoms with van der Waals surface area (Å²) in [6, 6.07) is 1.72. The van der Waals surface area contributed by atoms with Crippen LogP contribution in [0.1, 0.15) is 12.8 Å². The molecule has 1 aliphatic rings. The Balaban J connectivity index is 2.15. The fourth-order valence-corrected chi connectivity index (χ4v) is 2.39. The first-order valence-corrected chi connectivity index (χ1v) is 6.06. The van der Waals surface area contributed by atoms with E-state index in [2.05, 4.69) is 9.88 Å². The quantitative estimate of drug-likeness (QED) is 0.721. The lowest BCUT2D eigenvalue weighted by atomic mass is 10.1. The molecule has 0 aromatic carbocycles. The molecule has 0 amide bonds. The van der Waals surface area contributed by atoms with Crippen LogP contribution >= 0.6 is 34.8 Å². The van der Waals surface area contributed by atoms with Crippen molar-refractivity contribution in [3.8, 4) is 0 Å². The van der Waals surface area contributed by atoms with Crippen molar-refractivity contribution in [2.75, 3.05) is 18.0 Å². The van der Waals surface area contributed by atoms with E-state index in [9.17, 15) is 0 Å². The lowest BCUT2D eigenvalue weighted by Crippen LogP contribution is -2.34. The summed E-state index contributed by atoms with van der Waals surface area (Å²) in [7, 11) is 0. The molecule has 2 heterocycles. The SMILES string of the molecule is Clc1cnc(N2CCC(Cl)CC2)c(Cl)c1. The Kier molecular flexibility index (Phi) is 3.60. The molecule has 0 saturated carbocycles. The number of halogens is 3. The van der Waals surface area contributed by atoms with Gasteiger partial charge in [0, 0.05) is 24.7 Å². The summed E-state index contributed by atoms with van der Waals surface area (Å²) in [5.41, 5.74) is 0. The molecule has 0 bridgehead atoms. The van der Waals surface area contributed by atoms with Crippen LogP contribution in [-0.4, -0.2) is 23.5 Å². The van der Waals surface area contributed by atoms with Gasteiger partial charge in [0.15, 0.2) is 0 Å². The summed E-state index contributed by atoms with van der Waals surface area (Å²) in [6.45, 7) is 1.81. The van der Waals surface area contributed by atoms with Gasteiger partial charge in [-0.2, -0.15) is 0 Å². The second-order valence-corrected chi connectivity index (χ2v) is 5.08. The molecule has 1 aliphatic heterocycles. The van der Waals surface area contributed by atoms with E-state index >= 15 is 0 Å². The Morgan fingerprint density at radius 3 is 2.53 bits per heavy atom. The summed E-state index contributed by atoms with van der Waals surface area (Å²) in [5.74, 6) is 0.810. The molecule has 15 heavy (non-hydrogen) atoms. The number of hydrogen-bond donors (Lipinski definition) is 0. The van der Waals surface area contributed by atoms with Crippen LogP contribution < -0.4 is 4.90 Å². The lowest BCUT2D eigenvalue weighted by molar-refractivity contribution is 0.580. The number of pyridine rings is 1. The van der Waals surface area contributed by atoms with Gasteiger partial charge in [0.1, 0.15) is 5.82 Å². The Morgan fingerprint density at radius 2 is 1.93 bits per heavy atom. The van der Waals surface area contributed by atoms with E-state index in [4.69, 9.17) is 34.8 Å². The molecular weight excluding hydrogens is 254 g/mol. The van der Waals surface area contributed by atoms with E-state index in [1.807, 2.05) is 0 Å². The van der Waals surface area contributed by atoms with Gasteiger partial charge in [-0.15, -0.1) is 11.6 Å². The molecule has 1 aromatic heterocycles. The Labute approximate surface area is 104 Å². The van der Waals surface area contributed by atoms with Crippen molar-refractivity contribution in [3.63, 3.8) is 0 Å². The zero-order valence-corrected chi connectivity index (χ0v) is 10.4. The van der Waals surface area contributed by atoms with Gasteiger partial charge in [0.25, 0.3) is 0 Å². The van der Waals surface area contributed by atoms with E-state index in [1.54, 1.807) is 12.3 Å². The predicted octanol–water partition coefficient (Wildman–Crippen LogP) is 3.60. The maximum Gasteiger partial charge on any atom is 0.147 e. The summed E-state index contributed by atoms with van der Waals surface area (Å²) in [5, 5.41) is 1.46. The van der Waals surface area contributed by atoms with Crippen molar-refractivity contribution in [1.29, 1.82) is 0 Å². The maximum absolute atomic E-state index is 6.08. The molecule has 0 atom stereocenters. The number of hydrogen-bond acceptors (Lipinski definition) is 2. The first-order chi connectivity index (χ1) is 7.16. The third kappa shape index (κ3) is 2.68. The van der Waals surface area contributed by atoms with Crippen LogP contribution in [0.3, 0.4) is 0 Å². The van der Waals surface area contributed by atoms with E-state index < -0.39 is 0 Å². The van der Waals surface area contributed by atoms with Gasteiger partial charge < -0.3 is 4.90 Å². The van der Waals surface area contributed by atoms with Gasteiger partial charge in [-0.3, -0.25) is 0 Å². The van der Waals surface area contributed by atoms with Crippen molar-refractivity contribution in [1.82, 2.24) is 4.98 Å². The Hall–Kier alpha value is -0.180. The highest BCUT2D eigenvalue weighted by Crippen LogP contribution is 2.28. The lowest BCUT2D eigenvalue weighted by Gasteiger charge is -2.30. The first kappa shape index (κ1) is 11.3. The smallest absolute Gasteiger partial charge is 0.147 e. The Morgan fingerprint density at radius 1 is 1.27 bits per heavy atom. The van der Waals surface area contributed by atoms with E-state index in [1.165, 1.54) is 0 Å². The zero-order chi connectivity index (χ0) is 10.8. The number of anilines is 1. The topological polar surface area (TPSA) is 16.1 Å². The van der Waals surface area contributed by atoms with Crippen molar-refractivity contribution < 1.29 is 0 Å². The van der Waals surface area contributed by atoms with Gasteiger partial charge in [-0.1, -0.05) is 23.2 Å². The van der Waals surface area contributed by atoms with Gasteiger partial charge in [-0.05, 0) is 18.9 Å². The van der Waals surface area contributed by atoms with E-state index in [0.29, 0.717) is 10.0 Å². The van der Waals surface area contributed by atoms with Crippen LogP contribution in [-0.2, 0) is 0 Å². The number of nitrogens with zero attached hydrogens (tertiary/aromatic N) is 2. The number of alkyl halides is 1. The van der Waals surface area contributed by atoms with Crippen LogP contribution in [0.25, 0.3) is 0 Å². The molecule has 0 radical (unpaired) electrons. The van der Waals surface area contributed by atoms with Crippen molar-refractivity contribution in [2.45, 2.75) is 18.2 Å². The standard InChI is InChI=1S/C10H11Cl3N2/c11-7-1-3-15(4-2-7)10-9(13)5-8(12)6-14-10/h5-7H,1-4H2. The predicted molar refractivity (Wildman–Crippen MR) is 65.3 cm³/mol. The minimum absolute atomic E-state index is 0.285. The minimum Gasteiger partial charge on any atom is -0.355 e. The third-order valence-corrected chi connectivity index (χ3v) is 3.43. The van der Waals surface area contributed by atoms with Gasteiger partial charge in [-0.25, -0.2) is 4.98 Å². The number of rotatable bonds is 1. The minimum atomic E-state index is 0.285. The van der Waals surface area contributed by atoms with Gasteiger partial charge in [0.2, 0.25) is 0 Å². The van der Waals surface area contributed by atoms with Crippen LogP contribution in [0.2, 0.25) is 10.0 Å².